The van der Waals surface area contributed by atoms with E-state index < -0.39 is 11.8 Å². The van der Waals surface area contributed by atoms with E-state index in [9.17, 15) is 9.18 Å². The van der Waals surface area contributed by atoms with Crippen LogP contribution < -0.4 is 5.32 Å². The highest BCUT2D eigenvalue weighted by Crippen LogP contribution is 2.24. The van der Waals surface area contributed by atoms with E-state index in [0.717, 1.165) is 6.54 Å². The highest BCUT2D eigenvalue weighted by Gasteiger charge is 2.14. The molecule has 0 heterocycles. The SMILES string of the molecule is O=C(O)c1cc(NCC2CCCCC2)ccc1F. The van der Waals surface area contributed by atoms with Crippen LogP contribution in [0.15, 0.2) is 18.2 Å². The van der Waals surface area contributed by atoms with Crippen molar-refractivity contribution in [1.29, 1.82) is 0 Å². The van der Waals surface area contributed by atoms with Crippen LogP contribution in [0.3, 0.4) is 0 Å². The van der Waals surface area contributed by atoms with E-state index in [-0.39, 0.29) is 5.56 Å². The number of rotatable bonds is 4. The van der Waals surface area contributed by atoms with Gasteiger partial charge in [-0.3, -0.25) is 0 Å². The molecule has 0 unspecified atom stereocenters. The van der Waals surface area contributed by atoms with Crippen LogP contribution in [0.4, 0.5) is 10.1 Å². The molecule has 0 radical (unpaired) electrons. The monoisotopic (exact) mass is 251 g/mol. The van der Waals surface area contributed by atoms with Crippen molar-refractivity contribution in [2.24, 2.45) is 5.92 Å². The van der Waals surface area contributed by atoms with Gasteiger partial charge in [-0.05, 0) is 37.0 Å². The molecule has 1 fully saturated rings. The number of carboxylic acids is 1. The fourth-order valence-corrected chi connectivity index (χ4v) is 2.45. The Kier molecular flexibility index (Phi) is 4.18. The lowest BCUT2D eigenvalue weighted by Gasteiger charge is -2.22. The van der Waals surface area contributed by atoms with E-state index in [1.54, 1.807) is 6.07 Å². The van der Waals surface area contributed by atoms with Gasteiger partial charge in [-0.2, -0.15) is 0 Å². The van der Waals surface area contributed by atoms with Crippen molar-refractivity contribution in [3.05, 3.63) is 29.6 Å². The Morgan fingerprint density at radius 2 is 2.06 bits per heavy atom. The molecule has 2 N–H and O–H groups in total. The van der Waals surface area contributed by atoms with E-state index in [4.69, 9.17) is 5.11 Å². The smallest absolute Gasteiger partial charge is 0.338 e. The summed E-state index contributed by atoms with van der Waals surface area (Å²) in [6.45, 7) is 0.838. The standard InChI is InChI=1S/C14H18FNO2/c15-13-7-6-11(8-12(13)14(17)18)16-9-10-4-2-1-3-5-10/h6-8,10,16H,1-5,9H2,(H,17,18). The van der Waals surface area contributed by atoms with Gasteiger partial charge in [-0.15, -0.1) is 0 Å². The lowest BCUT2D eigenvalue weighted by Crippen LogP contribution is -2.17. The summed E-state index contributed by atoms with van der Waals surface area (Å²) in [6, 6.07) is 4.15. The predicted molar refractivity (Wildman–Crippen MR) is 68.4 cm³/mol. The maximum Gasteiger partial charge on any atom is 0.338 e. The Labute approximate surface area is 106 Å². The van der Waals surface area contributed by atoms with Gasteiger partial charge in [-0.1, -0.05) is 19.3 Å². The zero-order valence-electron chi connectivity index (χ0n) is 10.3. The first-order valence-electron chi connectivity index (χ1n) is 6.43. The first-order valence-corrected chi connectivity index (χ1v) is 6.43. The zero-order valence-corrected chi connectivity index (χ0v) is 10.3. The molecule has 0 amide bonds. The molecule has 0 bridgehead atoms. The molecule has 1 saturated carbocycles. The van der Waals surface area contributed by atoms with E-state index in [1.165, 1.54) is 44.2 Å². The normalized spacial score (nSPS) is 16.5. The summed E-state index contributed by atoms with van der Waals surface area (Å²) in [4.78, 5) is 10.8. The Hall–Kier alpha value is -1.58. The maximum atomic E-state index is 13.2. The third-order valence-electron chi connectivity index (χ3n) is 3.52. The van der Waals surface area contributed by atoms with E-state index in [0.29, 0.717) is 11.6 Å². The Balaban J connectivity index is 1.96. The summed E-state index contributed by atoms with van der Waals surface area (Å²) in [5.41, 5.74) is 0.406. The van der Waals surface area contributed by atoms with E-state index >= 15 is 0 Å². The second kappa shape index (κ2) is 5.85. The maximum absolute atomic E-state index is 13.2. The van der Waals surface area contributed by atoms with Crippen LogP contribution in [-0.2, 0) is 0 Å². The van der Waals surface area contributed by atoms with Gasteiger partial charge in [0.25, 0.3) is 0 Å². The molecule has 3 nitrogen and oxygen atoms in total. The highest BCUT2D eigenvalue weighted by atomic mass is 19.1. The lowest BCUT2D eigenvalue weighted by atomic mass is 9.89. The van der Waals surface area contributed by atoms with Gasteiger partial charge in [0.05, 0.1) is 5.56 Å². The molecule has 4 heteroatoms. The number of hydrogen-bond donors (Lipinski definition) is 2. The molecule has 0 saturated heterocycles. The van der Waals surface area contributed by atoms with Gasteiger partial charge >= 0.3 is 5.97 Å². The van der Waals surface area contributed by atoms with Gasteiger partial charge < -0.3 is 10.4 Å². The third kappa shape index (κ3) is 3.22. The summed E-state index contributed by atoms with van der Waals surface area (Å²) in [7, 11) is 0. The van der Waals surface area contributed by atoms with Crippen LogP contribution >= 0.6 is 0 Å². The molecule has 0 atom stereocenters. The Morgan fingerprint density at radius 1 is 1.33 bits per heavy atom. The molecule has 2 rings (SSSR count). The lowest BCUT2D eigenvalue weighted by molar-refractivity contribution is 0.0692. The number of anilines is 1. The van der Waals surface area contributed by atoms with Crippen LogP contribution in [0.2, 0.25) is 0 Å². The molecule has 1 aliphatic carbocycles. The number of benzene rings is 1. The largest absolute Gasteiger partial charge is 0.478 e. The first-order chi connectivity index (χ1) is 8.66. The van der Waals surface area contributed by atoms with Crippen molar-refractivity contribution in [3.8, 4) is 0 Å². The van der Waals surface area contributed by atoms with Gasteiger partial charge in [-0.25, -0.2) is 9.18 Å². The van der Waals surface area contributed by atoms with E-state index in [2.05, 4.69) is 5.32 Å². The van der Waals surface area contributed by atoms with Gasteiger partial charge in [0.15, 0.2) is 0 Å². The van der Waals surface area contributed by atoms with Crippen LogP contribution in [0.25, 0.3) is 0 Å². The minimum absolute atomic E-state index is 0.274. The highest BCUT2D eigenvalue weighted by molar-refractivity contribution is 5.89. The quantitative estimate of drug-likeness (QED) is 0.860. The summed E-state index contributed by atoms with van der Waals surface area (Å²) >= 11 is 0. The molecular weight excluding hydrogens is 233 g/mol. The minimum atomic E-state index is -1.23. The third-order valence-corrected chi connectivity index (χ3v) is 3.52. The van der Waals surface area contributed by atoms with Crippen molar-refractivity contribution in [2.45, 2.75) is 32.1 Å². The topological polar surface area (TPSA) is 49.3 Å². The van der Waals surface area contributed by atoms with Crippen LogP contribution in [-0.4, -0.2) is 17.6 Å². The van der Waals surface area contributed by atoms with Crippen LogP contribution in [0, 0.1) is 11.7 Å². The second-order valence-electron chi connectivity index (χ2n) is 4.88. The fourth-order valence-electron chi connectivity index (χ4n) is 2.45. The minimum Gasteiger partial charge on any atom is -0.478 e. The summed E-state index contributed by atoms with van der Waals surface area (Å²) < 4.78 is 13.2. The Bertz CT molecular complexity index is 428. The molecule has 0 aliphatic heterocycles. The number of carbonyl (C=O) groups is 1. The summed E-state index contributed by atoms with van der Waals surface area (Å²) in [6.07, 6.45) is 6.31. The molecule has 0 aromatic heterocycles. The van der Waals surface area contributed by atoms with Crippen molar-refractivity contribution < 1.29 is 14.3 Å². The average molecular weight is 251 g/mol. The Morgan fingerprint density at radius 3 is 2.72 bits per heavy atom. The van der Waals surface area contributed by atoms with Gasteiger partial charge in [0.1, 0.15) is 5.82 Å². The number of hydrogen-bond acceptors (Lipinski definition) is 2. The molecular formula is C14H18FNO2. The number of carboxylic acid groups (broad SMARTS) is 1. The summed E-state index contributed by atoms with van der Waals surface area (Å²) in [5.74, 6) is -1.27. The molecule has 18 heavy (non-hydrogen) atoms. The van der Waals surface area contributed by atoms with Crippen LogP contribution in [0.5, 0.6) is 0 Å². The molecule has 98 valence electrons. The van der Waals surface area contributed by atoms with Crippen molar-refractivity contribution in [1.82, 2.24) is 0 Å². The zero-order chi connectivity index (χ0) is 13.0. The molecule has 1 aromatic carbocycles. The molecule has 0 spiro atoms. The van der Waals surface area contributed by atoms with Gasteiger partial charge in [0.2, 0.25) is 0 Å². The van der Waals surface area contributed by atoms with Gasteiger partial charge in [0, 0.05) is 12.2 Å². The first kappa shape index (κ1) is 12.9. The fraction of sp³-hybridized carbons (Fsp3) is 0.500. The summed E-state index contributed by atoms with van der Waals surface area (Å²) in [5, 5.41) is 12.0. The van der Waals surface area contributed by atoms with E-state index in [1.807, 2.05) is 0 Å². The number of halogens is 1. The van der Waals surface area contributed by atoms with Crippen molar-refractivity contribution in [2.75, 3.05) is 11.9 Å². The number of aromatic carboxylic acids is 1. The average Bonchev–Trinajstić information content (AvgIpc) is 2.38. The molecule has 1 aromatic rings. The van der Waals surface area contributed by atoms with Crippen LogP contribution in [0.1, 0.15) is 42.5 Å². The predicted octanol–water partition coefficient (Wildman–Crippen LogP) is 3.52. The number of nitrogens with one attached hydrogen (secondary N) is 1. The second-order valence-corrected chi connectivity index (χ2v) is 4.88. The van der Waals surface area contributed by atoms with Crippen molar-refractivity contribution in [3.63, 3.8) is 0 Å². The molecule has 1 aliphatic rings. The van der Waals surface area contributed by atoms with Crippen molar-refractivity contribution >= 4 is 11.7 Å².